The Bertz CT molecular complexity index is 347. The van der Waals surface area contributed by atoms with E-state index in [4.69, 9.17) is 4.74 Å². The van der Waals surface area contributed by atoms with Gasteiger partial charge in [-0.1, -0.05) is 0 Å². The first-order valence-corrected chi connectivity index (χ1v) is 6.86. The summed E-state index contributed by atoms with van der Waals surface area (Å²) in [5.41, 5.74) is -0.774. The molecule has 2 amide bonds. The van der Waals surface area contributed by atoms with Gasteiger partial charge in [-0.2, -0.15) is 0 Å². The maximum absolute atomic E-state index is 12.4. The van der Waals surface area contributed by atoms with Crippen molar-refractivity contribution in [2.75, 3.05) is 53.5 Å². The zero-order valence-corrected chi connectivity index (χ0v) is 11.8. The van der Waals surface area contributed by atoms with Crippen molar-refractivity contribution in [2.24, 2.45) is 5.41 Å². The maximum Gasteiger partial charge on any atom is 0.238 e. The van der Waals surface area contributed by atoms with Gasteiger partial charge in [0.1, 0.15) is 5.41 Å². The van der Waals surface area contributed by atoms with E-state index in [0.717, 1.165) is 6.54 Å². The molecule has 0 unspecified atom stereocenters. The van der Waals surface area contributed by atoms with E-state index in [2.05, 4.69) is 5.32 Å². The lowest BCUT2D eigenvalue weighted by molar-refractivity contribution is -0.147. The Hall–Kier alpha value is -1.14. The number of ether oxygens (including phenoxy) is 1. The van der Waals surface area contributed by atoms with E-state index in [-0.39, 0.29) is 11.8 Å². The third kappa shape index (κ3) is 3.25. The Morgan fingerprint density at radius 1 is 1.26 bits per heavy atom. The van der Waals surface area contributed by atoms with Crippen LogP contribution in [0.25, 0.3) is 0 Å². The number of morpholine rings is 1. The van der Waals surface area contributed by atoms with Crippen molar-refractivity contribution in [2.45, 2.75) is 12.8 Å². The highest BCUT2D eigenvalue weighted by molar-refractivity contribution is 6.07. The summed E-state index contributed by atoms with van der Waals surface area (Å²) in [7, 11) is 3.91. The molecular formula is C13H23N3O3. The molecule has 1 N–H and O–H groups in total. The standard InChI is InChI=1S/C13H23N3O3/c1-15(2)6-5-14-11(17)13(3-4-13)12(18)16-7-9-19-10-8-16/h3-10H2,1-2H3,(H,14,17). The Kier molecular flexibility index (Phi) is 4.42. The van der Waals surface area contributed by atoms with Crippen LogP contribution in [-0.4, -0.2) is 75.1 Å². The van der Waals surface area contributed by atoms with Crippen molar-refractivity contribution in [1.29, 1.82) is 0 Å². The van der Waals surface area contributed by atoms with Gasteiger partial charge in [0.2, 0.25) is 11.8 Å². The van der Waals surface area contributed by atoms with E-state index in [1.54, 1.807) is 4.90 Å². The number of amides is 2. The van der Waals surface area contributed by atoms with Gasteiger partial charge >= 0.3 is 0 Å². The molecule has 1 heterocycles. The van der Waals surface area contributed by atoms with E-state index >= 15 is 0 Å². The molecule has 1 aliphatic heterocycles. The van der Waals surface area contributed by atoms with Gasteiger partial charge in [-0.15, -0.1) is 0 Å². The minimum atomic E-state index is -0.774. The predicted molar refractivity (Wildman–Crippen MR) is 70.6 cm³/mol. The van der Waals surface area contributed by atoms with Gasteiger partial charge in [0, 0.05) is 26.2 Å². The van der Waals surface area contributed by atoms with Crippen molar-refractivity contribution in [3.63, 3.8) is 0 Å². The SMILES string of the molecule is CN(C)CCNC(=O)C1(C(=O)N2CCOCC2)CC1. The summed E-state index contributed by atoms with van der Waals surface area (Å²) >= 11 is 0. The highest BCUT2D eigenvalue weighted by Gasteiger charge is 2.57. The molecule has 1 saturated heterocycles. The smallest absolute Gasteiger partial charge is 0.238 e. The molecule has 108 valence electrons. The van der Waals surface area contributed by atoms with Crippen molar-refractivity contribution >= 4 is 11.8 Å². The van der Waals surface area contributed by atoms with Crippen LogP contribution >= 0.6 is 0 Å². The molecule has 2 rings (SSSR count). The molecule has 0 radical (unpaired) electrons. The van der Waals surface area contributed by atoms with E-state index in [1.165, 1.54) is 0 Å². The van der Waals surface area contributed by atoms with Gasteiger partial charge < -0.3 is 19.9 Å². The zero-order valence-electron chi connectivity index (χ0n) is 11.8. The van der Waals surface area contributed by atoms with Crippen molar-refractivity contribution in [1.82, 2.24) is 15.1 Å². The average molecular weight is 269 g/mol. The molecule has 0 atom stereocenters. The summed E-state index contributed by atoms with van der Waals surface area (Å²) in [6.07, 6.45) is 1.36. The molecule has 0 aromatic carbocycles. The van der Waals surface area contributed by atoms with Crippen LogP contribution in [0.15, 0.2) is 0 Å². The number of carbonyl (C=O) groups is 2. The fourth-order valence-corrected chi connectivity index (χ4v) is 2.29. The number of hydrogen-bond acceptors (Lipinski definition) is 4. The molecule has 1 saturated carbocycles. The van der Waals surface area contributed by atoms with E-state index in [1.807, 2.05) is 19.0 Å². The molecule has 0 aromatic heterocycles. The number of nitrogens with zero attached hydrogens (tertiary/aromatic N) is 2. The Balaban J connectivity index is 1.86. The maximum atomic E-state index is 12.4. The first-order valence-electron chi connectivity index (χ1n) is 6.86. The van der Waals surface area contributed by atoms with Crippen LogP contribution in [0.1, 0.15) is 12.8 Å². The van der Waals surface area contributed by atoms with Crippen LogP contribution < -0.4 is 5.32 Å². The highest BCUT2D eigenvalue weighted by Crippen LogP contribution is 2.47. The lowest BCUT2D eigenvalue weighted by atomic mass is 10.0. The van der Waals surface area contributed by atoms with Crippen molar-refractivity contribution in [3.05, 3.63) is 0 Å². The summed E-state index contributed by atoms with van der Waals surface area (Å²) in [5, 5.41) is 2.88. The molecular weight excluding hydrogens is 246 g/mol. The quantitative estimate of drug-likeness (QED) is 0.671. The van der Waals surface area contributed by atoms with Crippen LogP contribution in [0.2, 0.25) is 0 Å². The van der Waals surface area contributed by atoms with E-state index in [9.17, 15) is 9.59 Å². The molecule has 2 aliphatic rings. The molecule has 2 fully saturated rings. The fraction of sp³-hybridized carbons (Fsp3) is 0.846. The van der Waals surface area contributed by atoms with E-state index in [0.29, 0.717) is 45.7 Å². The van der Waals surface area contributed by atoms with Gasteiger partial charge in [0.05, 0.1) is 13.2 Å². The lowest BCUT2D eigenvalue weighted by Crippen LogP contribution is -2.49. The molecule has 6 heteroatoms. The minimum Gasteiger partial charge on any atom is -0.378 e. The molecule has 1 aliphatic carbocycles. The topological polar surface area (TPSA) is 61.9 Å². The summed E-state index contributed by atoms with van der Waals surface area (Å²) in [6, 6.07) is 0. The Morgan fingerprint density at radius 3 is 2.42 bits per heavy atom. The lowest BCUT2D eigenvalue weighted by Gasteiger charge is -2.30. The molecule has 6 nitrogen and oxygen atoms in total. The Labute approximate surface area is 114 Å². The number of hydrogen-bond donors (Lipinski definition) is 1. The average Bonchev–Trinajstić information content (AvgIpc) is 3.20. The number of nitrogens with one attached hydrogen (secondary N) is 1. The highest BCUT2D eigenvalue weighted by atomic mass is 16.5. The van der Waals surface area contributed by atoms with Gasteiger partial charge in [0.15, 0.2) is 0 Å². The second-order valence-electron chi connectivity index (χ2n) is 5.55. The monoisotopic (exact) mass is 269 g/mol. The minimum absolute atomic E-state index is 0.0156. The summed E-state index contributed by atoms with van der Waals surface area (Å²) in [6.45, 7) is 3.72. The number of rotatable bonds is 5. The summed E-state index contributed by atoms with van der Waals surface area (Å²) in [5.74, 6) is -0.121. The normalized spacial score (nSPS) is 21.3. The van der Waals surface area contributed by atoms with Crippen LogP contribution in [0.4, 0.5) is 0 Å². The van der Waals surface area contributed by atoms with Gasteiger partial charge in [-0.3, -0.25) is 9.59 Å². The first-order chi connectivity index (χ1) is 9.06. The van der Waals surface area contributed by atoms with Gasteiger partial charge in [-0.05, 0) is 26.9 Å². The van der Waals surface area contributed by atoms with Crippen LogP contribution in [-0.2, 0) is 14.3 Å². The van der Waals surface area contributed by atoms with Crippen LogP contribution in [0, 0.1) is 5.41 Å². The van der Waals surface area contributed by atoms with Crippen molar-refractivity contribution in [3.8, 4) is 0 Å². The van der Waals surface area contributed by atoms with Crippen LogP contribution in [0.3, 0.4) is 0 Å². The van der Waals surface area contributed by atoms with Crippen LogP contribution in [0.5, 0.6) is 0 Å². The largest absolute Gasteiger partial charge is 0.378 e. The first kappa shape index (κ1) is 14.3. The second-order valence-corrected chi connectivity index (χ2v) is 5.55. The third-order valence-electron chi connectivity index (χ3n) is 3.74. The van der Waals surface area contributed by atoms with Gasteiger partial charge in [0.25, 0.3) is 0 Å². The zero-order chi connectivity index (χ0) is 13.9. The Morgan fingerprint density at radius 2 is 1.89 bits per heavy atom. The third-order valence-corrected chi connectivity index (χ3v) is 3.74. The number of likely N-dealkylation sites (N-methyl/N-ethyl adjacent to an activating group) is 1. The summed E-state index contributed by atoms with van der Waals surface area (Å²) < 4.78 is 5.23. The van der Waals surface area contributed by atoms with Gasteiger partial charge in [-0.25, -0.2) is 0 Å². The second kappa shape index (κ2) is 5.88. The molecule has 0 spiro atoms. The molecule has 0 aromatic rings. The van der Waals surface area contributed by atoms with Crippen molar-refractivity contribution < 1.29 is 14.3 Å². The molecule has 19 heavy (non-hydrogen) atoms. The fourth-order valence-electron chi connectivity index (χ4n) is 2.29. The summed E-state index contributed by atoms with van der Waals surface area (Å²) in [4.78, 5) is 28.4. The van der Waals surface area contributed by atoms with E-state index < -0.39 is 5.41 Å². The molecule has 0 bridgehead atoms. The predicted octanol–water partition coefficient (Wildman–Crippen LogP) is -0.697. The number of carbonyl (C=O) groups excluding carboxylic acids is 2.